The quantitative estimate of drug-likeness (QED) is 0.374. The van der Waals surface area contributed by atoms with E-state index in [4.69, 9.17) is 4.74 Å². The van der Waals surface area contributed by atoms with Crippen molar-refractivity contribution < 1.29 is 24.2 Å². The van der Waals surface area contributed by atoms with Gasteiger partial charge in [-0.15, -0.1) is 0 Å². The lowest BCUT2D eigenvalue weighted by molar-refractivity contribution is -0.140. The molecule has 0 aromatic heterocycles. The molecule has 116 valence electrons. The van der Waals surface area contributed by atoms with E-state index in [9.17, 15) is 14.7 Å². The fourth-order valence-electron chi connectivity index (χ4n) is 1.56. The molecule has 0 aliphatic carbocycles. The second kappa shape index (κ2) is 8.81. The van der Waals surface area contributed by atoms with Crippen LogP contribution in [0.2, 0.25) is 0 Å². The van der Waals surface area contributed by atoms with E-state index < -0.39 is 11.9 Å². The molecule has 0 atom stereocenters. The number of aromatic hydroxyl groups is 1. The number of carbonyl (C=O) groups is 2. The Hall–Kier alpha value is -0.520. The first-order valence-electron chi connectivity index (χ1n) is 5.63. The Labute approximate surface area is 147 Å². The van der Waals surface area contributed by atoms with E-state index in [1.807, 2.05) is 21.2 Å². The van der Waals surface area contributed by atoms with Crippen molar-refractivity contribution in [3.05, 3.63) is 27.7 Å². The molecule has 1 N–H and O–H groups in total. The molecule has 0 saturated carbocycles. The third kappa shape index (κ3) is 5.01. The van der Waals surface area contributed by atoms with Crippen LogP contribution in [0.25, 0.3) is 0 Å². The van der Waals surface area contributed by atoms with Gasteiger partial charge in [0.1, 0.15) is 12.3 Å². The number of ether oxygens (including phenoxy) is 2. The normalized spacial score (nSPS) is 10.5. The van der Waals surface area contributed by atoms with Gasteiger partial charge in [-0.2, -0.15) is 0 Å². The van der Waals surface area contributed by atoms with Crippen molar-refractivity contribution in [2.75, 3.05) is 20.8 Å². The Balaban J connectivity index is 3.12. The van der Waals surface area contributed by atoms with Crippen molar-refractivity contribution in [1.82, 2.24) is 4.31 Å². The van der Waals surface area contributed by atoms with Crippen molar-refractivity contribution in [3.63, 3.8) is 0 Å². The first kappa shape index (κ1) is 18.5. The van der Waals surface area contributed by atoms with Crippen LogP contribution in [0.15, 0.2) is 16.6 Å². The molecule has 0 heterocycles. The van der Waals surface area contributed by atoms with Crippen LogP contribution in [0.3, 0.4) is 0 Å². The van der Waals surface area contributed by atoms with Crippen LogP contribution in [0.4, 0.5) is 0 Å². The predicted molar refractivity (Wildman–Crippen MR) is 91.2 cm³/mol. The molecular weight excluding hydrogens is 477 g/mol. The van der Waals surface area contributed by atoms with Crippen molar-refractivity contribution in [2.45, 2.75) is 6.54 Å². The predicted octanol–water partition coefficient (Wildman–Crippen LogP) is 2.91. The SMILES string of the molecule is COC(=O)CN(Cc1c(C(=O)OC)ccc(Br)c1O)SI. The first-order valence-corrected chi connectivity index (χ1v) is 9.74. The second-order valence-electron chi connectivity index (χ2n) is 3.86. The minimum atomic E-state index is -0.552. The van der Waals surface area contributed by atoms with Crippen LogP contribution in [-0.4, -0.2) is 42.1 Å². The van der Waals surface area contributed by atoms with Gasteiger partial charge in [0.25, 0.3) is 0 Å². The van der Waals surface area contributed by atoms with Gasteiger partial charge in [-0.1, -0.05) is 0 Å². The lowest BCUT2D eigenvalue weighted by Gasteiger charge is -2.19. The van der Waals surface area contributed by atoms with E-state index in [1.54, 1.807) is 16.4 Å². The van der Waals surface area contributed by atoms with Gasteiger partial charge in [-0.05, 0) is 37.2 Å². The van der Waals surface area contributed by atoms with Crippen molar-refractivity contribution in [1.29, 1.82) is 0 Å². The molecule has 9 heteroatoms. The van der Waals surface area contributed by atoms with Crippen molar-refractivity contribution >= 4 is 58.2 Å². The van der Waals surface area contributed by atoms with E-state index in [0.29, 0.717) is 10.0 Å². The van der Waals surface area contributed by atoms with E-state index >= 15 is 0 Å². The average molecular weight is 490 g/mol. The zero-order valence-electron chi connectivity index (χ0n) is 11.3. The van der Waals surface area contributed by atoms with Gasteiger partial charge in [0.05, 0.1) is 24.3 Å². The van der Waals surface area contributed by atoms with Crippen molar-refractivity contribution in [3.8, 4) is 5.75 Å². The van der Waals surface area contributed by atoms with Crippen LogP contribution in [0.5, 0.6) is 5.75 Å². The minimum Gasteiger partial charge on any atom is -0.506 e. The number of phenolic OH excluding ortho intramolecular Hbond substituents is 1. The lowest BCUT2D eigenvalue weighted by Crippen LogP contribution is -2.24. The number of benzene rings is 1. The maximum atomic E-state index is 11.8. The van der Waals surface area contributed by atoms with Gasteiger partial charge in [-0.25, -0.2) is 9.10 Å². The first-order chi connectivity index (χ1) is 9.94. The molecule has 0 aliphatic heterocycles. The van der Waals surface area contributed by atoms with Gasteiger partial charge in [0.2, 0.25) is 0 Å². The summed E-state index contributed by atoms with van der Waals surface area (Å²) in [6, 6.07) is 3.12. The van der Waals surface area contributed by atoms with E-state index in [1.165, 1.54) is 23.3 Å². The van der Waals surface area contributed by atoms with Crippen LogP contribution < -0.4 is 0 Å². The van der Waals surface area contributed by atoms with Gasteiger partial charge in [0, 0.05) is 33.3 Å². The smallest absolute Gasteiger partial charge is 0.338 e. The summed E-state index contributed by atoms with van der Waals surface area (Å²) >= 11 is 5.22. The maximum absolute atomic E-state index is 11.8. The number of phenols is 1. The number of methoxy groups -OCH3 is 2. The summed E-state index contributed by atoms with van der Waals surface area (Å²) in [5, 5.41) is 10.1. The third-order valence-corrected chi connectivity index (χ3v) is 5.37. The van der Waals surface area contributed by atoms with Gasteiger partial charge in [-0.3, -0.25) is 4.79 Å². The number of rotatable bonds is 6. The zero-order chi connectivity index (χ0) is 16.0. The summed E-state index contributed by atoms with van der Waals surface area (Å²) in [7, 11) is 3.84. The second-order valence-corrected chi connectivity index (χ2v) is 6.55. The molecule has 0 bridgehead atoms. The molecule has 1 aromatic rings. The highest BCUT2D eigenvalue weighted by molar-refractivity contribution is 14.2. The van der Waals surface area contributed by atoms with Crippen molar-refractivity contribution in [2.24, 2.45) is 0 Å². The molecular formula is C12H13BrINO5S. The Bertz CT molecular complexity index is 543. The summed E-state index contributed by atoms with van der Waals surface area (Å²) in [5.74, 6) is -1.02. The molecule has 21 heavy (non-hydrogen) atoms. The molecule has 1 aromatic carbocycles. The maximum Gasteiger partial charge on any atom is 0.338 e. The fourth-order valence-corrected chi connectivity index (χ4v) is 3.10. The topological polar surface area (TPSA) is 76.1 Å². The minimum absolute atomic E-state index is 0.0245. The molecule has 0 radical (unpaired) electrons. The highest BCUT2D eigenvalue weighted by atomic mass is 127. The molecule has 0 spiro atoms. The summed E-state index contributed by atoms with van der Waals surface area (Å²) in [5.41, 5.74) is 0.628. The van der Waals surface area contributed by atoms with Crippen LogP contribution in [-0.2, 0) is 20.8 Å². The number of nitrogens with zero attached hydrogens (tertiary/aromatic N) is 1. The molecule has 6 nitrogen and oxygen atoms in total. The Morgan fingerprint density at radius 2 is 2.05 bits per heavy atom. The molecule has 0 saturated heterocycles. The van der Waals surface area contributed by atoms with E-state index in [-0.39, 0.29) is 24.4 Å². The van der Waals surface area contributed by atoms with Crippen LogP contribution >= 0.6 is 46.3 Å². The summed E-state index contributed by atoms with van der Waals surface area (Å²) in [4.78, 5) is 23.1. The number of hydrogen-bond acceptors (Lipinski definition) is 7. The number of halogens is 2. The summed E-state index contributed by atoms with van der Waals surface area (Å²) < 4.78 is 11.4. The fraction of sp³-hybridized carbons (Fsp3) is 0.333. The molecule has 0 fully saturated rings. The zero-order valence-corrected chi connectivity index (χ0v) is 15.8. The largest absolute Gasteiger partial charge is 0.506 e. The highest BCUT2D eigenvalue weighted by Gasteiger charge is 2.21. The Morgan fingerprint density at radius 3 is 2.57 bits per heavy atom. The standard InChI is InChI=1S/C12H13BrINO5S/c1-19-10(16)6-15(21-14)5-8-7(12(18)20-2)3-4-9(13)11(8)17/h3-4,17H,5-6H2,1-2H3. The Kier molecular flexibility index (Phi) is 7.77. The molecule has 0 aliphatic rings. The molecule has 1 rings (SSSR count). The third-order valence-electron chi connectivity index (χ3n) is 2.60. The molecule has 0 amide bonds. The highest BCUT2D eigenvalue weighted by Crippen LogP contribution is 2.34. The van der Waals surface area contributed by atoms with Gasteiger partial charge >= 0.3 is 11.9 Å². The van der Waals surface area contributed by atoms with Gasteiger partial charge in [0.15, 0.2) is 0 Å². The monoisotopic (exact) mass is 489 g/mol. The van der Waals surface area contributed by atoms with E-state index in [0.717, 1.165) is 0 Å². The number of carbonyl (C=O) groups excluding carboxylic acids is 2. The Morgan fingerprint density at radius 1 is 1.38 bits per heavy atom. The summed E-state index contributed by atoms with van der Waals surface area (Å²) in [6.07, 6.45) is 0. The average Bonchev–Trinajstić information content (AvgIpc) is 2.49. The number of esters is 2. The lowest BCUT2D eigenvalue weighted by atomic mass is 10.1. The van der Waals surface area contributed by atoms with Crippen LogP contribution in [0, 0.1) is 0 Å². The van der Waals surface area contributed by atoms with E-state index in [2.05, 4.69) is 20.7 Å². The molecule has 0 unspecified atom stereocenters. The van der Waals surface area contributed by atoms with Crippen LogP contribution in [0.1, 0.15) is 15.9 Å². The number of hydrogen-bond donors (Lipinski definition) is 1. The summed E-state index contributed by atoms with van der Waals surface area (Å²) in [6.45, 7) is 0.203. The van der Waals surface area contributed by atoms with Gasteiger partial charge < -0.3 is 14.6 Å².